The number of nitrogens with zero attached hydrogens (tertiary/aromatic N) is 8. The molecule has 1 unspecified atom stereocenters. The van der Waals surface area contributed by atoms with Crippen LogP contribution in [0.5, 0.6) is 0 Å². The van der Waals surface area contributed by atoms with Crippen LogP contribution in [0.15, 0.2) is 31.0 Å². The Morgan fingerprint density at radius 2 is 2.02 bits per heavy atom. The molecule has 0 aliphatic carbocycles. The summed E-state index contributed by atoms with van der Waals surface area (Å²) in [5.41, 5.74) is 1.98. The number of rotatable bonds is 10. The Kier molecular flexibility index (Phi) is 9.51. The molecule has 1 fully saturated rings. The van der Waals surface area contributed by atoms with Crippen molar-refractivity contribution in [2.75, 3.05) is 32.8 Å². The highest BCUT2D eigenvalue weighted by Gasteiger charge is 2.31. The minimum Gasteiger partial charge on any atom is -0.444 e. The van der Waals surface area contributed by atoms with Gasteiger partial charge in [0.2, 0.25) is 0 Å². The van der Waals surface area contributed by atoms with Crippen molar-refractivity contribution in [3.05, 3.63) is 31.0 Å². The maximum absolute atomic E-state index is 12.6. The minimum atomic E-state index is -1.15. The average molecular weight is 581 g/mol. The largest absolute Gasteiger partial charge is 0.444 e. The summed E-state index contributed by atoms with van der Waals surface area (Å²) in [7, 11) is -1.15. The second kappa shape index (κ2) is 12.7. The van der Waals surface area contributed by atoms with Crippen LogP contribution >= 0.6 is 0 Å². The van der Waals surface area contributed by atoms with E-state index >= 15 is 0 Å². The first-order valence-corrected chi connectivity index (χ1v) is 18.1. The van der Waals surface area contributed by atoms with Gasteiger partial charge in [0.05, 0.1) is 30.4 Å². The topological polar surface area (TPSA) is 114 Å². The van der Waals surface area contributed by atoms with E-state index in [0.717, 1.165) is 34.9 Å². The number of fused-ring (bicyclic) bond motifs is 1. The fraction of sp³-hybridized carbons (Fsp3) is 0.621. The van der Waals surface area contributed by atoms with Crippen molar-refractivity contribution in [3.63, 3.8) is 0 Å². The third-order valence-electron chi connectivity index (χ3n) is 7.22. The summed E-state index contributed by atoms with van der Waals surface area (Å²) in [6.45, 7) is 18.5. The summed E-state index contributed by atoms with van der Waals surface area (Å²) in [5, 5.41) is 15.2. The standard InChI is InChI=1S/C29H44N8O3Si/c1-22-17-35(28(38)40-29(2,3)4)13-12-34(22)19-24(8-10-30)37-18-23(16-33-37)26-25-9-11-36(27(25)32-20-31-26)21-39-14-15-41(5,6)7/h9,11,16,18,20,22,24H,8,12-15,17,19,21H2,1-7H3/t22-,24?/m0/s1. The Hall–Kier alpha value is -3.27. The molecule has 222 valence electrons. The van der Waals surface area contributed by atoms with Gasteiger partial charge in [-0.1, -0.05) is 19.6 Å². The number of piperazine rings is 1. The highest BCUT2D eigenvalue weighted by Crippen LogP contribution is 2.28. The van der Waals surface area contributed by atoms with Crippen molar-refractivity contribution in [3.8, 4) is 17.3 Å². The predicted octanol–water partition coefficient (Wildman–Crippen LogP) is 5.00. The van der Waals surface area contributed by atoms with E-state index in [-0.39, 0.29) is 18.2 Å². The molecule has 12 heteroatoms. The van der Waals surface area contributed by atoms with E-state index in [1.807, 2.05) is 48.5 Å². The quantitative estimate of drug-likeness (QED) is 0.243. The lowest BCUT2D eigenvalue weighted by atomic mass is 10.1. The summed E-state index contributed by atoms with van der Waals surface area (Å²) in [4.78, 5) is 25.7. The molecule has 1 amide bonds. The molecule has 2 atom stereocenters. The fourth-order valence-corrected chi connectivity index (χ4v) is 5.67. The first-order chi connectivity index (χ1) is 19.3. The summed E-state index contributed by atoms with van der Waals surface area (Å²) in [6, 6.07) is 5.45. The lowest BCUT2D eigenvalue weighted by Gasteiger charge is -2.41. The smallest absolute Gasteiger partial charge is 0.410 e. The summed E-state index contributed by atoms with van der Waals surface area (Å²) in [5.74, 6) is 0. The second-order valence-corrected chi connectivity index (χ2v) is 18.7. The van der Waals surface area contributed by atoms with Gasteiger partial charge in [-0.05, 0) is 39.8 Å². The highest BCUT2D eigenvalue weighted by atomic mass is 28.3. The average Bonchev–Trinajstić information content (AvgIpc) is 3.53. The number of aromatic nitrogens is 5. The molecular formula is C29H44N8O3Si. The Bertz CT molecular complexity index is 1370. The van der Waals surface area contributed by atoms with E-state index in [1.165, 1.54) is 0 Å². The van der Waals surface area contributed by atoms with Gasteiger partial charge in [0.1, 0.15) is 24.3 Å². The third-order valence-corrected chi connectivity index (χ3v) is 8.92. The SMILES string of the molecule is C[C@H]1CN(C(=O)OC(C)(C)C)CCN1CC(CC#N)n1cc(-c2ncnc3c2ccn3COCC[Si](C)(C)C)cn1. The molecule has 3 aromatic heterocycles. The van der Waals surface area contributed by atoms with Crippen LogP contribution in [0.2, 0.25) is 25.7 Å². The molecule has 0 radical (unpaired) electrons. The van der Waals surface area contributed by atoms with E-state index < -0.39 is 13.7 Å². The monoisotopic (exact) mass is 580 g/mol. The number of hydrogen-bond donors (Lipinski definition) is 0. The zero-order valence-electron chi connectivity index (χ0n) is 25.5. The van der Waals surface area contributed by atoms with Gasteiger partial charge in [-0.3, -0.25) is 9.58 Å². The first-order valence-electron chi connectivity index (χ1n) is 14.4. The number of amides is 1. The normalized spacial score (nSPS) is 17.5. The van der Waals surface area contributed by atoms with Crippen LogP contribution < -0.4 is 0 Å². The second-order valence-electron chi connectivity index (χ2n) is 13.1. The number of nitriles is 1. The molecule has 0 bridgehead atoms. The number of hydrogen-bond acceptors (Lipinski definition) is 8. The third kappa shape index (κ3) is 8.15. The molecule has 0 saturated carbocycles. The first kappa shape index (κ1) is 30.7. The van der Waals surface area contributed by atoms with E-state index in [0.29, 0.717) is 39.3 Å². The molecule has 4 heterocycles. The van der Waals surface area contributed by atoms with Gasteiger partial charge in [0, 0.05) is 70.2 Å². The molecule has 1 aliphatic rings. The zero-order valence-corrected chi connectivity index (χ0v) is 26.5. The number of ether oxygens (including phenoxy) is 2. The fourth-order valence-electron chi connectivity index (χ4n) is 4.92. The van der Waals surface area contributed by atoms with Crippen LogP contribution in [0, 0.1) is 11.3 Å². The minimum absolute atomic E-state index is 0.127. The van der Waals surface area contributed by atoms with Gasteiger partial charge >= 0.3 is 6.09 Å². The van der Waals surface area contributed by atoms with Crippen LogP contribution in [-0.2, 0) is 16.2 Å². The van der Waals surface area contributed by atoms with E-state index in [9.17, 15) is 10.1 Å². The molecule has 41 heavy (non-hydrogen) atoms. The van der Waals surface area contributed by atoms with Crippen LogP contribution in [0.25, 0.3) is 22.3 Å². The maximum atomic E-state index is 12.6. The van der Waals surface area contributed by atoms with E-state index in [2.05, 4.69) is 52.6 Å². The van der Waals surface area contributed by atoms with Crippen LogP contribution in [0.1, 0.15) is 40.2 Å². The van der Waals surface area contributed by atoms with E-state index in [1.54, 1.807) is 17.4 Å². The molecular weight excluding hydrogens is 536 g/mol. The van der Waals surface area contributed by atoms with Crippen molar-refractivity contribution < 1.29 is 14.3 Å². The van der Waals surface area contributed by atoms with Gasteiger partial charge in [-0.2, -0.15) is 10.4 Å². The molecule has 1 aliphatic heterocycles. The zero-order chi connectivity index (χ0) is 29.8. The Morgan fingerprint density at radius 3 is 2.71 bits per heavy atom. The number of carbonyl (C=O) groups excluding carboxylic acids is 1. The molecule has 0 N–H and O–H groups in total. The van der Waals surface area contributed by atoms with Gasteiger partial charge in [0.25, 0.3) is 0 Å². The van der Waals surface area contributed by atoms with Gasteiger partial charge in [0.15, 0.2) is 0 Å². The highest BCUT2D eigenvalue weighted by molar-refractivity contribution is 6.76. The lowest BCUT2D eigenvalue weighted by molar-refractivity contribution is 0.00376. The summed E-state index contributed by atoms with van der Waals surface area (Å²) < 4.78 is 15.4. The van der Waals surface area contributed by atoms with Crippen LogP contribution in [-0.4, -0.2) is 92.7 Å². The lowest BCUT2D eigenvalue weighted by Crippen LogP contribution is -2.55. The van der Waals surface area contributed by atoms with Gasteiger partial charge in [-0.25, -0.2) is 14.8 Å². The Morgan fingerprint density at radius 1 is 1.24 bits per heavy atom. The van der Waals surface area contributed by atoms with Gasteiger partial charge < -0.3 is 18.9 Å². The van der Waals surface area contributed by atoms with E-state index in [4.69, 9.17) is 9.47 Å². The van der Waals surface area contributed by atoms with Crippen molar-refractivity contribution >= 4 is 25.2 Å². The molecule has 3 aromatic rings. The Labute approximate surface area is 244 Å². The van der Waals surface area contributed by atoms with Crippen molar-refractivity contribution in [2.45, 2.75) is 84.2 Å². The van der Waals surface area contributed by atoms with Crippen molar-refractivity contribution in [2.24, 2.45) is 0 Å². The molecule has 0 spiro atoms. The number of carbonyl (C=O) groups is 1. The molecule has 0 aromatic carbocycles. The summed E-state index contributed by atoms with van der Waals surface area (Å²) in [6.07, 6.45) is 7.37. The maximum Gasteiger partial charge on any atom is 0.410 e. The summed E-state index contributed by atoms with van der Waals surface area (Å²) >= 11 is 0. The molecule has 4 rings (SSSR count). The van der Waals surface area contributed by atoms with Crippen molar-refractivity contribution in [1.29, 1.82) is 5.26 Å². The molecule has 11 nitrogen and oxygen atoms in total. The van der Waals surface area contributed by atoms with Gasteiger partial charge in [-0.15, -0.1) is 0 Å². The van der Waals surface area contributed by atoms with Crippen molar-refractivity contribution in [1.82, 2.24) is 34.1 Å². The predicted molar refractivity (Wildman–Crippen MR) is 161 cm³/mol. The molecule has 1 saturated heterocycles. The van der Waals surface area contributed by atoms with Crippen LogP contribution in [0.3, 0.4) is 0 Å². The Balaban J connectivity index is 1.44. The van der Waals surface area contributed by atoms with Crippen LogP contribution in [0.4, 0.5) is 4.79 Å².